The molecule has 3 nitrogen and oxygen atoms in total. The van der Waals surface area contributed by atoms with Crippen LogP contribution in [0.4, 0.5) is 0 Å². The van der Waals surface area contributed by atoms with Crippen LogP contribution in [0.25, 0.3) is 0 Å². The summed E-state index contributed by atoms with van der Waals surface area (Å²) in [6.07, 6.45) is 1.88. The van der Waals surface area contributed by atoms with Crippen LogP contribution in [0.5, 0.6) is 0 Å². The monoisotopic (exact) mass is 144 g/mol. The van der Waals surface area contributed by atoms with Gasteiger partial charge in [0.25, 0.3) is 0 Å². The van der Waals surface area contributed by atoms with Gasteiger partial charge in [0.05, 0.1) is 0 Å². The van der Waals surface area contributed by atoms with Crippen LogP contribution in [-0.4, -0.2) is 25.7 Å². The van der Waals surface area contributed by atoms with Gasteiger partial charge in [-0.15, -0.1) is 0 Å². The summed E-state index contributed by atoms with van der Waals surface area (Å²) in [5, 5.41) is 3.25. The number of hydrogen-bond donors (Lipinski definition) is 3. The van der Waals surface area contributed by atoms with Crippen LogP contribution >= 0.6 is 0 Å². The van der Waals surface area contributed by atoms with E-state index >= 15 is 0 Å². The van der Waals surface area contributed by atoms with Crippen LogP contribution in [-0.2, 0) is 0 Å². The summed E-state index contributed by atoms with van der Waals surface area (Å²) in [4.78, 5) is 0. The third kappa shape index (κ3) is 4.73. The van der Waals surface area contributed by atoms with Crippen molar-refractivity contribution in [3.63, 3.8) is 0 Å². The van der Waals surface area contributed by atoms with Crippen molar-refractivity contribution in [2.75, 3.05) is 19.6 Å². The molecule has 3 heteroatoms. The van der Waals surface area contributed by atoms with Gasteiger partial charge in [0, 0.05) is 19.1 Å². The van der Waals surface area contributed by atoms with Gasteiger partial charge >= 0.3 is 0 Å². The number of nitrogens with two attached hydrogens (primary N) is 2. The van der Waals surface area contributed by atoms with Crippen LogP contribution < -0.4 is 16.8 Å². The minimum absolute atomic E-state index is 0.452. The summed E-state index contributed by atoms with van der Waals surface area (Å²) in [5.41, 5.74) is 10.7. The second-order valence-corrected chi connectivity index (χ2v) is 2.31. The zero-order valence-electron chi connectivity index (χ0n) is 6.47. The molecule has 0 aromatic heterocycles. The molecule has 5 N–H and O–H groups in total. The Bertz CT molecular complexity index is 65.9. The van der Waals surface area contributed by atoms with Crippen molar-refractivity contribution in [3.8, 4) is 0 Å². The lowest BCUT2D eigenvalue weighted by molar-refractivity contribution is 0.495. The Morgan fingerprint density at radius 1 is 1.30 bits per heavy atom. The maximum absolute atomic E-state index is 5.38. The van der Waals surface area contributed by atoms with Crippen molar-refractivity contribution in [1.29, 1.82) is 0 Å². The standard InChI is InChI=1S/C7H18N3/c1-2-7(3-4-8)10-6-5-9/h7,10H,1-6,8-9H2. The van der Waals surface area contributed by atoms with Crippen molar-refractivity contribution in [3.05, 3.63) is 6.92 Å². The molecule has 0 aliphatic heterocycles. The Kier molecular flexibility index (Phi) is 6.91. The largest absolute Gasteiger partial charge is 0.330 e. The first kappa shape index (κ1) is 9.88. The summed E-state index contributed by atoms with van der Waals surface area (Å²) in [6, 6.07) is 0.452. The first-order chi connectivity index (χ1) is 4.85. The Balaban J connectivity index is 3.21. The van der Waals surface area contributed by atoms with E-state index in [0.717, 1.165) is 25.9 Å². The highest BCUT2D eigenvalue weighted by Gasteiger charge is 2.01. The first-order valence-corrected chi connectivity index (χ1v) is 3.78. The quantitative estimate of drug-likeness (QED) is 0.470. The van der Waals surface area contributed by atoms with Crippen molar-refractivity contribution in [2.24, 2.45) is 11.5 Å². The van der Waals surface area contributed by atoms with Gasteiger partial charge in [0.1, 0.15) is 0 Å². The van der Waals surface area contributed by atoms with Crippen molar-refractivity contribution < 1.29 is 0 Å². The number of nitrogens with one attached hydrogen (secondary N) is 1. The lowest BCUT2D eigenvalue weighted by Gasteiger charge is -2.14. The molecule has 0 aromatic carbocycles. The minimum Gasteiger partial charge on any atom is -0.330 e. The molecule has 0 amide bonds. The molecule has 0 saturated carbocycles. The summed E-state index contributed by atoms with van der Waals surface area (Å²) in [5.74, 6) is 0. The molecule has 10 heavy (non-hydrogen) atoms. The van der Waals surface area contributed by atoms with Crippen LogP contribution in [0.2, 0.25) is 0 Å². The topological polar surface area (TPSA) is 64.1 Å². The molecular weight excluding hydrogens is 126 g/mol. The van der Waals surface area contributed by atoms with Crippen LogP contribution in [0.3, 0.4) is 0 Å². The molecule has 61 valence electrons. The average Bonchev–Trinajstić information content (AvgIpc) is 1.98. The second kappa shape index (κ2) is 6.99. The fourth-order valence-electron chi connectivity index (χ4n) is 0.837. The summed E-state index contributed by atoms with van der Waals surface area (Å²) in [7, 11) is 0. The zero-order chi connectivity index (χ0) is 7.82. The Labute approximate surface area is 63.2 Å². The van der Waals surface area contributed by atoms with Crippen molar-refractivity contribution in [2.45, 2.75) is 18.9 Å². The Hall–Kier alpha value is -0.120. The molecule has 0 spiro atoms. The van der Waals surface area contributed by atoms with E-state index in [1.165, 1.54) is 0 Å². The van der Waals surface area contributed by atoms with E-state index in [1.54, 1.807) is 0 Å². The van der Waals surface area contributed by atoms with Gasteiger partial charge in [-0.3, -0.25) is 0 Å². The minimum atomic E-state index is 0.452. The second-order valence-electron chi connectivity index (χ2n) is 2.31. The summed E-state index contributed by atoms with van der Waals surface area (Å²) >= 11 is 0. The third-order valence-corrected chi connectivity index (χ3v) is 1.44. The molecule has 1 radical (unpaired) electrons. The molecule has 0 aliphatic rings. The molecule has 0 aliphatic carbocycles. The average molecular weight is 144 g/mol. The Morgan fingerprint density at radius 3 is 2.40 bits per heavy atom. The smallest absolute Gasteiger partial charge is 0.00796 e. The maximum atomic E-state index is 5.38. The summed E-state index contributed by atoms with van der Waals surface area (Å²) in [6.45, 7) is 6.06. The lowest BCUT2D eigenvalue weighted by atomic mass is 10.1. The molecule has 0 aromatic rings. The highest BCUT2D eigenvalue weighted by atomic mass is 14.9. The van der Waals surface area contributed by atoms with E-state index in [0.29, 0.717) is 12.6 Å². The molecule has 1 atom stereocenters. The fourth-order valence-corrected chi connectivity index (χ4v) is 0.837. The van der Waals surface area contributed by atoms with Crippen LogP contribution in [0.15, 0.2) is 0 Å². The predicted octanol–water partition coefficient (Wildman–Crippen LogP) is -0.524. The molecule has 1 unspecified atom stereocenters. The lowest BCUT2D eigenvalue weighted by Crippen LogP contribution is -2.34. The van der Waals surface area contributed by atoms with E-state index < -0.39 is 0 Å². The molecule has 0 heterocycles. The molecule has 0 fully saturated rings. The van der Waals surface area contributed by atoms with Gasteiger partial charge in [-0.2, -0.15) is 0 Å². The van der Waals surface area contributed by atoms with Crippen LogP contribution in [0.1, 0.15) is 12.8 Å². The van der Waals surface area contributed by atoms with Gasteiger partial charge in [-0.1, -0.05) is 6.92 Å². The SMILES string of the molecule is [CH2]CC(CCN)NCCN. The fraction of sp³-hybridized carbons (Fsp3) is 0.857. The number of hydrogen-bond acceptors (Lipinski definition) is 3. The van der Waals surface area contributed by atoms with E-state index in [9.17, 15) is 0 Å². The molecule has 0 bridgehead atoms. The van der Waals surface area contributed by atoms with E-state index in [-0.39, 0.29) is 0 Å². The van der Waals surface area contributed by atoms with Gasteiger partial charge in [0.15, 0.2) is 0 Å². The zero-order valence-corrected chi connectivity index (χ0v) is 6.47. The highest BCUT2D eigenvalue weighted by Crippen LogP contribution is 1.93. The maximum Gasteiger partial charge on any atom is 0.00796 e. The Morgan fingerprint density at radius 2 is 2.00 bits per heavy atom. The van der Waals surface area contributed by atoms with Gasteiger partial charge in [-0.25, -0.2) is 0 Å². The van der Waals surface area contributed by atoms with E-state index in [1.807, 2.05) is 0 Å². The normalized spacial score (nSPS) is 13.5. The van der Waals surface area contributed by atoms with Gasteiger partial charge in [0.2, 0.25) is 0 Å². The molecule has 0 saturated heterocycles. The summed E-state index contributed by atoms with van der Waals surface area (Å²) < 4.78 is 0. The molecule has 0 rings (SSSR count). The number of rotatable bonds is 6. The first-order valence-electron chi connectivity index (χ1n) is 3.78. The van der Waals surface area contributed by atoms with E-state index in [2.05, 4.69) is 12.2 Å². The van der Waals surface area contributed by atoms with E-state index in [4.69, 9.17) is 11.5 Å². The van der Waals surface area contributed by atoms with Crippen molar-refractivity contribution in [1.82, 2.24) is 5.32 Å². The third-order valence-electron chi connectivity index (χ3n) is 1.44. The predicted molar refractivity (Wildman–Crippen MR) is 44.5 cm³/mol. The molecular formula is C7H18N3. The van der Waals surface area contributed by atoms with Gasteiger partial charge < -0.3 is 16.8 Å². The highest BCUT2D eigenvalue weighted by molar-refractivity contribution is 4.67. The van der Waals surface area contributed by atoms with Crippen molar-refractivity contribution >= 4 is 0 Å². The van der Waals surface area contributed by atoms with Crippen LogP contribution in [0, 0.1) is 6.92 Å². The van der Waals surface area contributed by atoms with Gasteiger partial charge in [-0.05, 0) is 19.4 Å².